The van der Waals surface area contributed by atoms with Crippen molar-refractivity contribution >= 4 is 11.9 Å². The number of rotatable bonds is 4. The summed E-state index contributed by atoms with van der Waals surface area (Å²) in [6, 6.07) is 15.6. The molecule has 0 radical (unpaired) electrons. The number of aromatic carboxylic acids is 1. The highest BCUT2D eigenvalue weighted by Crippen LogP contribution is 2.26. The van der Waals surface area contributed by atoms with E-state index in [1.54, 1.807) is 35.9 Å². The Morgan fingerprint density at radius 1 is 1.07 bits per heavy atom. The van der Waals surface area contributed by atoms with Crippen LogP contribution >= 0.6 is 0 Å². The lowest BCUT2D eigenvalue weighted by atomic mass is 10.1. The van der Waals surface area contributed by atoms with E-state index in [1.165, 1.54) is 17.3 Å². The number of benzene rings is 2. The number of likely N-dealkylation sites (N-methyl/N-ethyl adjacent to an activating group) is 1. The van der Waals surface area contributed by atoms with Gasteiger partial charge in [-0.1, -0.05) is 24.3 Å². The van der Waals surface area contributed by atoms with E-state index in [0.717, 1.165) is 18.5 Å². The molecule has 0 fully saturated rings. The fourth-order valence-electron chi connectivity index (χ4n) is 3.80. The molecular weight excluding hydrogens is 354 g/mol. The van der Waals surface area contributed by atoms with Gasteiger partial charge in [-0.25, -0.2) is 9.48 Å². The van der Waals surface area contributed by atoms with Crippen LogP contribution in [0.25, 0.3) is 5.69 Å². The molecule has 1 N–H and O–H groups in total. The first kappa shape index (κ1) is 18.0. The van der Waals surface area contributed by atoms with E-state index in [-0.39, 0.29) is 17.5 Å². The maximum Gasteiger partial charge on any atom is 0.339 e. The second kappa shape index (κ2) is 6.96. The molecule has 3 aromatic rings. The van der Waals surface area contributed by atoms with Crippen LogP contribution in [-0.2, 0) is 12.8 Å². The molecule has 28 heavy (non-hydrogen) atoms. The van der Waals surface area contributed by atoms with Crippen molar-refractivity contribution in [3.63, 3.8) is 0 Å². The molecule has 0 aliphatic heterocycles. The topological polar surface area (TPSA) is 75.4 Å². The monoisotopic (exact) mass is 375 g/mol. The van der Waals surface area contributed by atoms with E-state index < -0.39 is 5.97 Å². The molecular formula is C22H21N3O3. The largest absolute Gasteiger partial charge is 0.478 e. The quantitative estimate of drug-likeness (QED) is 0.760. The molecule has 0 unspecified atom stereocenters. The van der Waals surface area contributed by atoms with E-state index >= 15 is 0 Å². The van der Waals surface area contributed by atoms with Crippen molar-refractivity contribution in [3.8, 4) is 5.69 Å². The van der Waals surface area contributed by atoms with Crippen LogP contribution in [-0.4, -0.2) is 44.8 Å². The van der Waals surface area contributed by atoms with Crippen LogP contribution in [0.15, 0.2) is 54.7 Å². The number of aromatic nitrogens is 2. The summed E-state index contributed by atoms with van der Waals surface area (Å²) in [5.41, 5.74) is 4.66. The minimum atomic E-state index is -1.00. The van der Waals surface area contributed by atoms with Crippen LogP contribution in [0.5, 0.6) is 0 Å². The highest BCUT2D eigenvalue weighted by molar-refractivity contribution is 5.94. The summed E-state index contributed by atoms with van der Waals surface area (Å²) in [4.78, 5) is 25.9. The molecule has 4 rings (SSSR count). The highest BCUT2D eigenvalue weighted by atomic mass is 16.4. The molecule has 1 aliphatic carbocycles. The van der Waals surface area contributed by atoms with E-state index in [9.17, 15) is 9.59 Å². The van der Waals surface area contributed by atoms with Gasteiger partial charge in [0.05, 0.1) is 17.6 Å². The van der Waals surface area contributed by atoms with Gasteiger partial charge in [0.2, 0.25) is 0 Å². The Labute approximate surface area is 163 Å². The predicted molar refractivity (Wildman–Crippen MR) is 105 cm³/mol. The fourth-order valence-corrected chi connectivity index (χ4v) is 3.80. The zero-order chi connectivity index (χ0) is 19.8. The number of carbonyl (C=O) groups is 2. The van der Waals surface area contributed by atoms with Crippen molar-refractivity contribution in [2.45, 2.75) is 25.8 Å². The number of carboxylic acids is 1. The predicted octanol–water partition coefficient (Wildman–Crippen LogP) is 3.12. The molecule has 0 saturated carbocycles. The number of carbonyl (C=O) groups excluding carboxylic acids is 1. The van der Waals surface area contributed by atoms with Gasteiger partial charge in [0, 0.05) is 18.7 Å². The molecule has 0 atom stereocenters. The number of fused-ring (bicyclic) bond motifs is 1. The molecule has 1 heterocycles. The fraction of sp³-hybridized carbons (Fsp3) is 0.227. The molecule has 2 aromatic carbocycles. The second-order valence-corrected chi connectivity index (χ2v) is 7.15. The van der Waals surface area contributed by atoms with Crippen LogP contribution in [0.2, 0.25) is 0 Å². The molecule has 0 spiro atoms. The van der Waals surface area contributed by atoms with Crippen LogP contribution in [0.4, 0.5) is 0 Å². The van der Waals surface area contributed by atoms with Gasteiger partial charge >= 0.3 is 5.97 Å². The van der Waals surface area contributed by atoms with Crippen LogP contribution in [0.1, 0.15) is 37.5 Å². The number of nitrogens with zero attached hydrogens (tertiary/aromatic N) is 3. The Kier molecular flexibility index (Phi) is 4.47. The molecule has 0 saturated heterocycles. The SMILES string of the molecule is Cc1c(C(=O)O)cnn1-c1ccc(C(=O)N(C)C2Cc3ccccc3C2)cc1. The van der Waals surface area contributed by atoms with Gasteiger partial charge in [-0.2, -0.15) is 5.10 Å². The lowest BCUT2D eigenvalue weighted by Crippen LogP contribution is -2.37. The molecule has 6 nitrogen and oxygen atoms in total. The lowest BCUT2D eigenvalue weighted by Gasteiger charge is -2.24. The normalized spacial score (nSPS) is 13.4. The number of hydrogen-bond acceptors (Lipinski definition) is 3. The molecule has 1 aromatic heterocycles. The maximum atomic E-state index is 12.9. The van der Waals surface area contributed by atoms with Gasteiger partial charge in [0.25, 0.3) is 5.91 Å². The van der Waals surface area contributed by atoms with Crippen LogP contribution in [0.3, 0.4) is 0 Å². The maximum absolute atomic E-state index is 12.9. The second-order valence-electron chi connectivity index (χ2n) is 7.15. The van der Waals surface area contributed by atoms with Gasteiger partial charge in [-0.15, -0.1) is 0 Å². The van der Waals surface area contributed by atoms with Crippen molar-refractivity contribution < 1.29 is 14.7 Å². The van der Waals surface area contributed by atoms with Gasteiger partial charge in [-0.3, -0.25) is 4.79 Å². The third-order valence-electron chi connectivity index (χ3n) is 5.50. The molecule has 1 amide bonds. The average molecular weight is 375 g/mol. The summed E-state index contributed by atoms with van der Waals surface area (Å²) in [6.45, 7) is 1.71. The zero-order valence-electron chi connectivity index (χ0n) is 15.8. The Bertz CT molecular complexity index is 1030. The minimum Gasteiger partial charge on any atom is -0.478 e. The summed E-state index contributed by atoms with van der Waals surface area (Å²) in [7, 11) is 1.85. The molecule has 6 heteroatoms. The zero-order valence-corrected chi connectivity index (χ0v) is 15.8. The van der Waals surface area contributed by atoms with Crippen molar-refractivity contribution in [2.24, 2.45) is 0 Å². The Morgan fingerprint density at radius 3 is 2.21 bits per heavy atom. The Balaban J connectivity index is 1.51. The summed E-state index contributed by atoms with van der Waals surface area (Å²) in [5.74, 6) is -1.03. The van der Waals surface area contributed by atoms with E-state index in [4.69, 9.17) is 5.11 Å². The summed E-state index contributed by atoms with van der Waals surface area (Å²) in [5, 5.41) is 13.3. The first-order chi connectivity index (χ1) is 13.5. The lowest BCUT2D eigenvalue weighted by molar-refractivity contribution is 0.0694. The highest BCUT2D eigenvalue weighted by Gasteiger charge is 2.27. The Morgan fingerprint density at radius 2 is 1.68 bits per heavy atom. The summed E-state index contributed by atoms with van der Waals surface area (Å²) >= 11 is 0. The smallest absolute Gasteiger partial charge is 0.339 e. The first-order valence-corrected chi connectivity index (χ1v) is 9.18. The average Bonchev–Trinajstić information content (AvgIpc) is 3.30. The third-order valence-corrected chi connectivity index (χ3v) is 5.50. The molecule has 142 valence electrons. The summed E-state index contributed by atoms with van der Waals surface area (Å²) < 4.78 is 1.56. The van der Waals surface area contributed by atoms with E-state index in [0.29, 0.717) is 11.3 Å². The van der Waals surface area contributed by atoms with Gasteiger partial charge in [0.1, 0.15) is 5.56 Å². The minimum absolute atomic E-state index is 0.0206. The number of amides is 1. The molecule has 1 aliphatic rings. The van der Waals surface area contributed by atoms with Crippen molar-refractivity contribution in [2.75, 3.05) is 7.05 Å². The Hall–Kier alpha value is -3.41. The van der Waals surface area contributed by atoms with Gasteiger partial charge < -0.3 is 10.0 Å². The first-order valence-electron chi connectivity index (χ1n) is 9.18. The number of hydrogen-bond donors (Lipinski definition) is 1. The van der Waals surface area contributed by atoms with Crippen LogP contribution in [0, 0.1) is 6.92 Å². The van der Waals surface area contributed by atoms with Gasteiger partial charge in [-0.05, 0) is 55.2 Å². The standard InChI is InChI=1S/C22H21N3O3/c1-14-20(22(27)28)13-23-25(14)18-9-7-15(8-10-18)21(26)24(2)19-11-16-5-3-4-6-17(16)12-19/h3-10,13,19H,11-12H2,1-2H3,(H,27,28). The number of carboxylic acid groups (broad SMARTS) is 1. The molecule has 0 bridgehead atoms. The van der Waals surface area contributed by atoms with Gasteiger partial charge in [0.15, 0.2) is 0 Å². The van der Waals surface area contributed by atoms with E-state index in [1.807, 2.05) is 24.1 Å². The van der Waals surface area contributed by atoms with E-state index in [2.05, 4.69) is 17.2 Å². The van der Waals surface area contributed by atoms with Crippen molar-refractivity contribution in [3.05, 3.63) is 82.7 Å². The van der Waals surface area contributed by atoms with Crippen LogP contribution < -0.4 is 0 Å². The third kappa shape index (κ3) is 3.07. The van der Waals surface area contributed by atoms with Crippen molar-refractivity contribution in [1.29, 1.82) is 0 Å². The van der Waals surface area contributed by atoms with Crippen molar-refractivity contribution in [1.82, 2.24) is 14.7 Å². The summed E-state index contributed by atoms with van der Waals surface area (Å²) in [6.07, 6.45) is 3.09.